The van der Waals surface area contributed by atoms with Gasteiger partial charge in [0.1, 0.15) is 0 Å². The summed E-state index contributed by atoms with van der Waals surface area (Å²) in [6.45, 7) is 3.85. The first kappa shape index (κ1) is 11.8. The van der Waals surface area contributed by atoms with Gasteiger partial charge in [-0.25, -0.2) is 9.89 Å². The number of hydrogen-bond acceptors (Lipinski definition) is 4. The lowest BCUT2D eigenvalue weighted by Crippen LogP contribution is -2.19. The molecule has 0 radical (unpaired) electrons. The van der Waals surface area contributed by atoms with Crippen LogP contribution in [-0.2, 0) is 0 Å². The highest BCUT2D eigenvalue weighted by molar-refractivity contribution is 7.99. The molecule has 0 fully saturated rings. The lowest BCUT2D eigenvalue weighted by molar-refractivity contribution is 0.534. The van der Waals surface area contributed by atoms with Crippen LogP contribution < -0.4 is 11.4 Å². The van der Waals surface area contributed by atoms with Crippen molar-refractivity contribution < 1.29 is 0 Å². The van der Waals surface area contributed by atoms with Crippen LogP contribution in [0.2, 0.25) is 0 Å². The molecular formula is C8H15N5OS. The Morgan fingerprint density at radius 3 is 2.93 bits per heavy atom. The van der Waals surface area contributed by atoms with Gasteiger partial charge in [0.2, 0.25) is 0 Å². The Balaban J connectivity index is 2.69. The van der Waals surface area contributed by atoms with E-state index in [9.17, 15) is 4.79 Å². The lowest BCUT2D eigenvalue weighted by atomic mass is 10.4. The minimum Gasteiger partial charge on any atom is -0.388 e. The molecular weight excluding hydrogens is 214 g/mol. The summed E-state index contributed by atoms with van der Waals surface area (Å²) >= 11 is 1.42. The normalized spacial score (nSPS) is 10.9. The highest BCUT2D eigenvalue weighted by Gasteiger charge is 2.11. The van der Waals surface area contributed by atoms with Gasteiger partial charge in [0.05, 0.1) is 5.84 Å². The SMILES string of the molecule is CC(C)n1c(SCCC(=N)N)n[nH]c1=O. The summed E-state index contributed by atoms with van der Waals surface area (Å²) in [5, 5.41) is 14.0. The molecule has 0 spiro atoms. The van der Waals surface area contributed by atoms with Crippen LogP contribution >= 0.6 is 11.8 Å². The van der Waals surface area contributed by atoms with Crippen molar-refractivity contribution in [1.29, 1.82) is 5.41 Å². The standard InChI is InChI=1S/C8H15N5OS/c1-5(2)13-7(14)11-12-8(13)15-4-3-6(9)10/h5H,3-4H2,1-2H3,(H3,9,10)(H,11,14). The fourth-order valence-electron chi connectivity index (χ4n) is 1.10. The van der Waals surface area contributed by atoms with Gasteiger partial charge in [-0.2, -0.15) is 0 Å². The number of nitrogens with zero attached hydrogens (tertiary/aromatic N) is 2. The fraction of sp³-hybridized carbons (Fsp3) is 0.625. The summed E-state index contributed by atoms with van der Waals surface area (Å²) in [5.41, 5.74) is 5.03. The van der Waals surface area contributed by atoms with Crippen LogP contribution in [0.15, 0.2) is 9.95 Å². The van der Waals surface area contributed by atoms with E-state index in [0.29, 0.717) is 17.3 Å². The van der Waals surface area contributed by atoms with E-state index in [1.807, 2.05) is 13.8 Å². The van der Waals surface area contributed by atoms with Gasteiger partial charge < -0.3 is 5.73 Å². The predicted molar refractivity (Wildman–Crippen MR) is 60.5 cm³/mol. The molecule has 84 valence electrons. The van der Waals surface area contributed by atoms with Gasteiger partial charge in [0.25, 0.3) is 0 Å². The molecule has 0 bridgehead atoms. The van der Waals surface area contributed by atoms with E-state index in [2.05, 4.69) is 10.2 Å². The third-order valence-electron chi connectivity index (χ3n) is 1.79. The first-order valence-electron chi connectivity index (χ1n) is 4.65. The molecule has 0 saturated heterocycles. The van der Waals surface area contributed by atoms with Gasteiger partial charge >= 0.3 is 5.69 Å². The summed E-state index contributed by atoms with van der Waals surface area (Å²) in [5.74, 6) is 0.809. The number of thioether (sulfide) groups is 1. The Labute approximate surface area is 91.8 Å². The maximum absolute atomic E-state index is 11.3. The van der Waals surface area contributed by atoms with Crippen molar-refractivity contribution >= 4 is 17.6 Å². The van der Waals surface area contributed by atoms with Crippen LogP contribution in [0.4, 0.5) is 0 Å². The van der Waals surface area contributed by atoms with Crippen LogP contribution in [0.1, 0.15) is 26.3 Å². The number of nitrogens with two attached hydrogens (primary N) is 1. The second-order valence-corrected chi connectivity index (χ2v) is 4.46. The van der Waals surface area contributed by atoms with Gasteiger partial charge in [-0.3, -0.25) is 9.98 Å². The summed E-state index contributed by atoms with van der Waals surface area (Å²) in [6, 6.07) is 0.0797. The first-order chi connectivity index (χ1) is 7.02. The molecule has 1 aromatic heterocycles. The molecule has 0 atom stereocenters. The average molecular weight is 229 g/mol. The van der Waals surface area contributed by atoms with Crippen molar-refractivity contribution in [3.63, 3.8) is 0 Å². The lowest BCUT2D eigenvalue weighted by Gasteiger charge is -2.07. The van der Waals surface area contributed by atoms with Gasteiger partial charge in [-0.1, -0.05) is 11.8 Å². The molecule has 0 saturated carbocycles. The molecule has 1 rings (SSSR count). The molecule has 0 aliphatic carbocycles. The summed E-state index contributed by atoms with van der Waals surface area (Å²) in [7, 11) is 0. The minimum absolute atomic E-state index is 0.0797. The average Bonchev–Trinajstić information content (AvgIpc) is 2.46. The number of rotatable bonds is 5. The maximum Gasteiger partial charge on any atom is 0.344 e. The molecule has 6 nitrogen and oxygen atoms in total. The van der Waals surface area contributed by atoms with Crippen molar-refractivity contribution in [2.24, 2.45) is 5.73 Å². The smallest absolute Gasteiger partial charge is 0.344 e. The van der Waals surface area contributed by atoms with Crippen molar-refractivity contribution in [2.45, 2.75) is 31.5 Å². The van der Waals surface area contributed by atoms with Gasteiger partial charge in [0, 0.05) is 18.2 Å². The zero-order valence-electron chi connectivity index (χ0n) is 8.78. The van der Waals surface area contributed by atoms with E-state index in [0.717, 1.165) is 0 Å². The van der Waals surface area contributed by atoms with E-state index < -0.39 is 0 Å². The van der Waals surface area contributed by atoms with Crippen molar-refractivity contribution in [3.8, 4) is 0 Å². The predicted octanol–water partition coefficient (Wildman–Crippen LogP) is 0.570. The third kappa shape index (κ3) is 3.12. The monoisotopic (exact) mass is 229 g/mol. The van der Waals surface area contributed by atoms with Crippen LogP contribution in [0, 0.1) is 5.41 Å². The van der Waals surface area contributed by atoms with E-state index >= 15 is 0 Å². The molecule has 0 aromatic carbocycles. The Kier molecular flexibility index (Phi) is 3.96. The number of amidine groups is 1. The summed E-state index contributed by atoms with van der Waals surface area (Å²) in [4.78, 5) is 11.3. The van der Waals surface area contributed by atoms with Gasteiger partial charge in [-0.15, -0.1) is 5.10 Å². The highest BCUT2D eigenvalue weighted by atomic mass is 32.2. The first-order valence-corrected chi connectivity index (χ1v) is 5.63. The molecule has 7 heteroatoms. The Hall–Kier alpha value is -1.24. The zero-order chi connectivity index (χ0) is 11.4. The maximum atomic E-state index is 11.3. The number of H-pyrrole nitrogens is 1. The second-order valence-electron chi connectivity index (χ2n) is 3.40. The zero-order valence-corrected chi connectivity index (χ0v) is 9.60. The van der Waals surface area contributed by atoms with E-state index in [-0.39, 0.29) is 17.6 Å². The minimum atomic E-state index is -0.199. The molecule has 15 heavy (non-hydrogen) atoms. The molecule has 1 heterocycles. The van der Waals surface area contributed by atoms with E-state index in [1.165, 1.54) is 11.8 Å². The fourth-order valence-corrected chi connectivity index (χ4v) is 2.15. The number of aromatic amines is 1. The van der Waals surface area contributed by atoms with Gasteiger partial charge in [0.15, 0.2) is 5.16 Å². The molecule has 1 aromatic rings. The Bertz CT molecular complexity index is 394. The number of aromatic nitrogens is 3. The van der Waals surface area contributed by atoms with E-state index in [1.54, 1.807) is 4.57 Å². The van der Waals surface area contributed by atoms with Crippen LogP contribution in [-0.4, -0.2) is 26.4 Å². The summed E-state index contributed by atoms with van der Waals surface area (Å²) < 4.78 is 1.59. The van der Waals surface area contributed by atoms with Crippen molar-refractivity contribution in [1.82, 2.24) is 14.8 Å². The largest absolute Gasteiger partial charge is 0.388 e. The topological polar surface area (TPSA) is 101 Å². The second kappa shape index (κ2) is 5.01. The molecule has 0 amide bonds. The van der Waals surface area contributed by atoms with Crippen molar-refractivity contribution in [3.05, 3.63) is 10.5 Å². The number of hydrogen-bond donors (Lipinski definition) is 3. The highest BCUT2D eigenvalue weighted by Crippen LogP contribution is 2.17. The molecule has 0 aliphatic rings. The van der Waals surface area contributed by atoms with Crippen molar-refractivity contribution in [2.75, 3.05) is 5.75 Å². The Morgan fingerprint density at radius 2 is 2.40 bits per heavy atom. The van der Waals surface area contributed by atoms with Crippen LogP contribution in [0.25, 0.3) is 0 Å². The van der Waals surface area contributed by atoms with Crippen LogP contribution in [0.5, 0.6) is 0 Å². The quantitative estimate of drug-likeness (QED) is 0.390. The number of nitrogens with one attached hydrogen (secondary N) is 2. The third-order valence-corrected chi connectivity index (χ3v) is 2.75. The molecule has 4 N–H and O–H groups in total. The van der Waals surface area contributed by atoms with Gasteiger partial charge in [-0.05, 0) is 13.8 Å². The summed E-state index contributed by atoms with van der Waals surface area (Å²) in [6.07, 6.45) is 0.504. The molecule has 0 unspecified atom stereocenters. The van der Waals surface area contributed by atoms with Crippen LogP contribution in [0.3, 0.4) is 0 Å². The molecule has 0 aliphatic heterocycles. The van der Waals surface area contributed by atoms with E-state index in [4.69, 9.17) is 11.1 Å². The Morgan fingerprint density at radius 1 is 1.73 bits per heavy atom.